The van der Waals surface area contributed by atoms with E-state index in [1.54, 1.807) is 29.2 Å². The van der Waals surface area contributed by atoms with E-state index >= 15 is 0 Å². The van der Waals surface area contributed by atoms with Gasteiger partial charge in [0.2, 0.25) is 0 Å². The van der Waals surface area contributed by atoms with Crippen LogP contribution in [0.2, 0.25) is 0 Å². The van der Waals surface area contributed by atoms with Crippen molar-refractivity contribution in [3.63, 3.8) is 0 Å². The average Bonchev–Trinajstić information content (AvgIpc) is 2.78. The third-order valence-electron chi connectivity index (χ3n) is 4.60. The Morgan fingerprint density at radius 3 is 2.03 bits per heavy atom. The molecule has 0 fully saturated rings. The van der Waals surface area contributed by atoms with Gasteiger partial charge in [-0.05, 0) is 48.9 Å². The summed E-state index contributed by atoms with van der Waals surface area (Å²) in [5, 5.41) is 2.97. The lowest BCUT2D eigenvalue weighted by molar-refractivity contribution is 0.0742. The van der Waals surface area contributed by atoms with Gasteiger partial charge in [-0.2, -0.15) is 0 Å². The molecule has 0 aliphatic heterocycles. The van der Waals surface area contributed by atoms with Gasteiger partial charge in [-0.3, -0.25) is 9.59 Å². The van der Waals surface area contributed by atoms with Crippen LogP contribution in [0, 0.1) is 0 Å². The van der Waals surface area contributed by atoms with E-state index in [0.717, 1.165) is 5.56 Å². The molecule has 0 aliphatic rings. The molecule has 0 saturated heterocycles. The molecular weight excluding hydrogens is 362 g/mol. The first-order valence-electron chi connectivity index (χ1n) is 9.67. The van der Waals surface area contributed by atoms with Gasteiger partial charge < -0.3 is 16.0 Å². The van der Waals surface area contributed by atoms with Gasteiger partial charge in [0.1, 0.15) is 0 Å². The monoisotopic (exact) mass is 387 g/mol. The van der Waals surface area contributed by atoms with Crippen molar-refractivity contribution in [1.82, 2.24) is 4.90 Å². The third kappa shape index (κ3) is 5.53. The molecule has 5 nitrogen and oxygen atoms in total. The second-order valence-electron chi connectivity index (χ2n) is 6.71. The van der Waals surface area contributed by atoms with Gasteiger partial charge in [-0.1, -0.05) is 54.6 Å². The summed E-state index contributed by atoms with van der Waals surface area (Å²) in [5.41, 5.74) is 8.46. The van der Waals surface area contributed by atoms with Crippen molar-refractivity contribution >= 4 is 17.5 Å². The van der Waals surface area contributed by atoms with Gasteiger partial charge in [0.25, 0.3) is 11.8 Å². The molecule has 29 heavy (non-hydrogen) atoms. The van der Waals surface area contributed by atoms with Crippen molar-refractivity contribution in [2.75, 3.05) is 18.4 Å². The molecule has 0 atom stereocenters. The topological polar surface area (TPSA) is 75.4 Å². The summed E-state index contributed by atoms with van der Waals surface area (Å²) in [7, 11) is 0. The van der Waals surface area contributed by atoms with Crippen LogP contribution in [0.3, 0.4) is 0 Å². The van der Waals surface area contributed by atoms with Crippen LogP contribution in [-0.2, 0) is 6.54 Å². The Labute approximate surface area is 171 Å². The van der Waals surface area contributed by atoms with Crippen LogP contribution in [-0.4, -0.2) is 29.8 Å². The Kier molecular flexibility index (Phi) is 7.14. The SMILES string of the molecule is NCCCN(Cc1ccccc1NC(=O)c1ccccc1)C(=O)c1ccccc1. The number of rotatable bonds is 8. The van der Waals surface area contributed by atoms with Gasteiger partial charge in [0, 0.05) is 29.9 Å². The zero-order valence-electron chi connectivity index (χ0n) is 16.3. The van der Waals surface area contributed by atoms with Crippen molar-refractivity contribution in [3.05, 3.63) is 102 Å². The molecule has 0 aliphatic carbocycles. The second-order valence-corrected chi connectivity index (χ2v) is 6.71. The first-order chi connectivity index (χ1) is 14.2. The van der Waals surface area contributed by atoms with Gasteiger partial charge >= 0.3 is 0 Å². The molecule has 2 amide bonds. The Balaban J connectivity index is 1.81. The van der Waals surface area contributed by atoms with Gasteiger partial charge in [-0.15, -0.1) is 0 Å². The van der Waals surface area contributed by atoms with Crippen LogP contribution < -0.4 is 11.1 Å². The van der Waals surface area contributed by atoms with Crippen molar-refractivity contribution in [2.45, 2.75) is 13.0 Å². The standard InChI is InChI=1S/C24H25N3O2/c25-16-9-17-27(24(29)20-12-5-2-6-13-20)18-21-14-7-8-15-22(21)26-23(28)19-10-3-1-4-11-19/h1-8,10-15H,9,16-18,25H2,(H,26,28). The fraction of sp³-hybridized carbons (Fsp3) is 0.167. The van der Waals surface area contributed by atoms with E-state index in [0.29, 0.717) is 42.9 Å². The lowest BCUT2D eigenvalue weighted by Crippen LogP contribution is -2.33. The highest BCUT2D eigenvalue weighted by Gasteiger charge is 2.17. The fourth-order valence-corrected chi connectivity index (χ4v) is 3.07. The van der Waals surface area contributed by atoms with Crippen LogP contribution in [0.25, 0.3) is 0 Å². The van der Waals surface area contributed by atoms with E-state index in [-0.39, 0.29) is 11.8 Å². The van der Waals surface area contributed by atoms with Crippen LogP contribution in [0.15, 0.2) is 84.9 Å². The Morgan fingerprint density at radius 2 is 1.38 bits per heavy atom. The van der Waals surface area contributed by atoms with Crippen LogP contribution in [0.1, 0.15) is 32.7 Å². The number of amides is 2. The molecule has 0 radical (unpaired) electrons. The van der Waals surface area contributed by atoms with E-state index in [9.17, 15) is 9.59 Å². The fourth-order valence-electron chi connectivity index (χ4n) is 3.07. The molecule has 0 heterocycles. The number of carbonyl (C=O) groups excluding carboxylic acids is 2. The van der Waals surface area contributed by atoms with Crippen LogP contribution in [0.4, 0.5) is 5.69 Å². The Morgan fingerprint density at radius 1 is 0.793 bits per heavy atom. The maximum atomic E-state index is 13.0. The Bertz CT molecular complexity index is 943. The van der Waals surface area contributed by atoms with E-state index in [1.165, 1.54) is 0 Å². The lowest BCUT2D eigenvalue weighted by Gasteiger charge is -2.24. The summed E-state index contributed by atoms with van der Waals surface area (Å²) >= 11 is 0. The molecule has 3 aromatic rings. The van der Waals surface area contributed by atoms with Crippen molar-refractivity contribution < 1.29 is 9.59 Å². The molecule has 148 valence electrons. The minimum absolute atomic E-state index is 0.0526. The third-order valence-corrected chi connectivity index (χ3v) is 4.60. The molecular formula is C24H25N3O2. The molecule has 0 aromatic heterocycles. The highest BCUT2D eigenvalue weighted by Crippen LogP contribution is 2.20. The van der Waals surface area contributed by atoms with E-state index in [4.69, 9.17) is 5.73 Å². The number of carbonyl (C=O) groups is 2. The predicted octanol–water partition coefficient (Wildman–Crippen LogP) is 3.93. The van der Waals surface area contributed by atoms with Crippen molar-refractivity contribution in [3.8, 4) is 0 Å². The van der Waals surface area contributed by atoms with Crippen molar-refractivity contribution in [1.29, 1.82) is 0 Å². The molecule has 0 spiro atoms. The second kappa shape index (κ2) is 10.2. The molecule has 0 bridgehead atoms. The number of anilines is 1. The number of nitrogens with one attached hydrogen (secondary N) is 1. The predicted molar refractivity (Wildman–Crippen MR) is 116 cm³/mol. The van der Waals surface area contributed by atoms with E-state index in [1.807, 2.05) is 60.7 Å². The van der Waals surface area contributed by atoms with Gasteiger partial charge in [0.05, 0.1) is 0 Å². The summed E-state index contributed by atoms with van der Waals surface area (Å²) in [6, 6.07) is 25.8. The number of nitrogens with zero attached hydrogens (tertiary/aromatic N) is 1. The summed E-state index contributed by atoms with van der Waals surface area (Å²) < 4.78 is 0. The first-order valence-corrected chi connectivity index (χ1v) is 9.67. The first kappa shape index (κ1) is 20.3. The summed E-state index contributed by atoms with van der Waals surface area (Å²) in [6.07, 6.45) is 0.705. The minimum atomic E-state index is -0.180. The minimum Gasteiger partial charge on any atom is -0.334 e. The highest BCUT2D eigenvalue weighted by atomic mass is 16.2. The lowest BCUT2D eigenvalue weighted by atomic mass is 10.1. The quantitative estimate of drug-likeness (QED) is 0.615. The summed E-state index contributed by atoms with van der Waals surface area (Å²) in [6.45, 7) is 1.44. The zero-order valence-corrected chi connectivity index (χ0v) is 16.3. The molecule has 3 aromatic carbocycles. The molecule has 3 rings (SSSR count). The number of para-hydroxylation sites is 1. The van der Waals surface area contributed by atoms with Crippen LogP contribution in [0.5, 0.6) is 0 Å². The summed E-state index contributed by atoms with van der Waals surface area (Å²) in [5.74, 6) is -0.232. The number of hydrogen-bond acceptors (Lipinski definition) is 3. The average molecular weight is 387 g/mol. The molecule has 0 saturated carbocycles. The van der Waals surface area contributed by atoms with E-state index < -0.39 is 0 Å². The largest absolute Gasteiger partial charge is 0.334 e. The molecule has 5 heteroatoms. The Hall–Kier alpha value is -3.44. The maximum absolute atomic E-state index is 13.0. The maximum Gasteiger partial charge on any atom is 0.255 e. The van der Waals surface area contributed by atoms with Crippen molar-refractivity contribution in [2.24, 2.45) is 5.73 Å². The van der Waals surface area contributed by atoms with E-state index in [2.05, 4.69) is 5.32 Å². The van der Waals surface area contributed by atoms with Crippen LogP contribution >= 0.6 is 0 Å². The summed E-state index contributed by atoms with van der Waals surface area (Å²) in [4.78, 5) is 27.4. The number of hydrogen-bond donors (Lipinski definition) is 2. The number of nitrogens with two attached hydrogens (primary N) is 1. The molecule has 3 N–H and O–H groups in total. The zero-order chi connectivity index (χ0) is 20.5. The van der Waals surface area contributed by atoms with Gasteiger partial charge in [0.15, 0.2) is 0 Å². The normalized spacial score (nSPS) is 10.4. The number of benzene rings is 3. The smallest absolute Gasteiger partial charge is 0.255 e. The molecule has 0 unspecified atom stereocenters. The van der Waals surface area contributed by atoms with Gasteiger partial charge in [-0.25, -0.2) is 0 Å². The highest BCUT2D eigenvalue weighted by molar-refractivity contribution is 6.04.